The van der Waals surface area contributed by atoms with Gasteiger partial charge in [0.05, 0.1) is 38.5 Å². The molecule has 1 saturated carbocycles. The lowest BCUT2D eigenvalue weighted by Gasteiger charge is -2.27. The van der Waals surface area contributed by atoms with Gasteiger partial charge in [0, 0.05) is 31.6 Å². The monoisotopic (exact) mass is 545 g/mol. The lowest BCUT2D eigenvalue weighted by Crippen LogP contribution is -2.41. The Hall–Kier alpha value is -4.64. The van der Waals surface area contributed by atoms with Gasteiger partial charge in [0.15, 0.2) is 11.6 Å². The SMILES string of the molecule is Cn1cnc(-c2cc3nccc(Oc4ccc(N(C(=O)C5(C(N)=O)CC5)c5ccccc5F)cc4F)c3s2)c1. The number of anilines is 2. The smallest absolute Gasteiger partial charge is 0.247 e. The molecule has 3 heterocycles. The summed E-state index contributed by atoms with van der Waals surface area (Å²) in [6, 6.07) is 13.0. The summed E-state index contributed by atoms with van der Waals surface area (Å²) in [5.41, 5.74) is 5.45. The highest BCUT2D eigenvalue weighted by molar-refractivity contribution is 7.22. The molecule has 6 rings (SSSR count). The molecule has 0 unspecified atom stereocenters. The number of aromatic nitrogens is 3. The maximum absolute atomic E-state index is 15.4. The fourth-order valence-corrected chi connectivity index (χ4v) is 5.42. The third-order valence-corrected chi connectivity index (χ3v) is 7.82. The van der Waals surface area contributed by atoms with Crippen LogP contribution in [0, 0.1) is 17.0 Å². The maximum Gasteiger partial charge on any atom is 0.247 e. The van der Waals surface area contributed by atoms with E-state index in [0.717, 1.165) is 21.5 Å². The largest absolute Gasteiger partial charge is 0.453 e. The Morgan fingerprint density at radius 3 is 2.51 bits per heavy atom. The minimum absolute atomic E-state index is 0.0379. The number of hydrogen-bond acceptors (Lipinski definition) is 6. The Kier molecular flexibility index (Phi) is 5.87. The van der Waals surface area contributed by atoms with E-state index >= 15 is 4.39 Å². The number of nitrogens with two attached hydrogens (primary N) is 1. The third kappa shape index (κ3) is 4.30. The molecule has 0 atom stereocenters. The Morgan fingerprint density at radius 1 is 1.05 bits per heavy atom. The topological polar surface area (TPSA) is 103 Å². The van der Waals surface area contributed by atoms with Crippen molar-refractivity contribution in [3.63, 3.8) is 0 Å². The lowest BCUT2D eigenvalue weighted by molar-refractivity contribution is -0.133. The number of halogens is 2. The zero-order valence-corrected chi connectivity index (χ0v) is 21.4. The van der Waals surface area contributed by atoms with Crippen molar-refractivity contribution >= 4 is 44.7 Å². The zero-order chi connectivity index (χ0) is 27.3. The molecule has 2 amide bonds. The van der Waals surface area contributed by atoms with Crippen LogP contribution in [0.25, 0.3) is 20.8 Å². The van der Waals surface area contributed by atoms with E-state index in [9.17, 15) is 14.0 Å². The van der Waals surface area contributed by atoms with Gasteiger partial charge in [-0.3, -0.25) is 19.5 Å². The van der Waals surface area contributed by atoms with Gasteiger partial charge < -0.3 is 15.0 Å². The van der Waals surface area contributed by atoms with E-state index in [-0.39, 0.29) is 30.0 Å². The molecule has 8 nitrogen and oxygen atoms in total. The number of aryl methyl sites for hydroxylation is 1. The number of rotatable bonds is 7. The number of carbonyl (C=O) groups excluding carboxylic acids is 2. The molecule has 2 N–H and O–H groups in total. The third-order valence-electron chi connectivity index (χ3n) is 6.65. The Balaban J connectivity index is 1.36. The van der Waals surface area contributed by atoms with Crippen LogP contribution in [0.3, 0.4) is 0 Å². The van der Waals surface area contributed by atoms with Gasteiger partial charge in [-0.25, -0.2) is 13.8 Å². The van der Waals surface area contributed by atoms with Crippen LogP contribution >= 0.6 is 11.3 Å². The van der Waals surface area contributed by atoms with Gasteiger partial charge in [0.25, 0.3) is 0 Å². The summed E-state index contributed by atoms with van der Waals surface area (Å²) in [5, 5.41) is 0. The van der Waals surface area contributed by atoms with Crippen LogP contribution < -0.4 is 15.4 Å². The Bertz CT molecular complexity index is 1760. The van der Waals surface area contributed by atoms with Gasteiger partial charge in [-0.05, 0) is 43.2 Å². The van der Waals surface area contributed by atoms with Crippen molar-refractivity contribution in [2.24, 2.45) is 18.2 Å². The lowest BCUT2D eigenvalue weighted by atomic mass is 10.0. The van der Waals surface area contributed by atoms with Crippen LogP contribution in [0.5, 0.6) is 11.5 Å². The molecule has 0 radical (unpaired) electrons. The van der Waals surface area contributed by atoms with E-state index in [1.54, 1.807) is 24.7 Å². The molecular weight excluding hydrogens is 524 g/mol. The molecule has 11 heteroatoms. The number of benzene rings is 2. The van der Waals surface area contributed by atoms with E-state index in [4.69, 9.17) is 10.5 Å². The van der Waals surface area contributed by atoms with E-state index in [1.807, 2.05) is 23.9 Å². The molecule has 3 aromatic heterocycles. The number of fused-ring (bicyclic) bond motifs is 1. The highest BCUT2D eigenvalue weighted by Gasteiger charge is 2.57. The van der Waals surface area contributed by atoms with Crippen molar-refractivity contribution in [2.75, 3.05) is 4.90 Å². The number of amides is 2. The first-order valence-corrected chi connectivity index (χ1v) is 12.8. The molecule has 0 aliphatic heterocycles. The minimum Gasteiger partial charge on any atom is -0.453 e. The molecule has 1 fully saturated rings. The van der Waals surface area contributed by atoms with Gasteiger partial charge in [-0.2, -0.15) is 0 Å². The molecule has 1 aliphatic carbocycles. The average Bonchev–Trinajstić information content (AvgIpc) is 3.44. The number of para-hydroxylation sites is 1. The van der Waals surface area contributed by atoms with Crippen LogP contribution in [0.1, 0.15) is 12.8 Å². The summed E-state index contributed by atoms with van der Waals surface area (Å²) in [6.45, 7) is 0. The number of thiophene rings is 1. The number of nitrogens with zero attached hydrogens (tertiary/aromatic N) is 4. The van der Waals surface area contributed by atoms with Gasteiger partial charge in [-0.15, -0.1) is 11.3 Å². The summed E-state index contributed by atoms with van der Waals surface area (Å²) >= 11 is 1.41. The molecule has 5 aromatic rings. The first-order chi connectivity index (χ1) is 18.8. The van der Waals surface area contributed by atoms with E-state index in [2.05, 4.69) is 9.97 Å². The van der Waals surface area contributed by atoms with Gasteiger partial charge in [0.2, 0.25) is 11.8 Å². The molecule has 0 saturated heterocycles. The molecular formula is C28H21F2N5O3S. The molecule has 1 aliphatic rings. The number of pyridine rings is 1. The Morgan fingerprint density at radius 2 is 1.85 bits per heavy atom. The number of hydrogen-bond donors (Lipinski definition) is 1. The summed E-state index contributed by atoms with van der Waals surface area (Å²) in [6.07, 6.45) is 5.64. The second kappa shape index (κ2) is 9.28. The number of carbonyl (C=O) groups is 2. The quantitative estimate of drug-likeness (QED) is 0.264. The summed E-state index contributed by atoms with van der Waals surface area (Å²) in [4.78, 5) is 36.2. The van der Waals surface area contributed by atoms with Crippen LogP contribution in [-0.4, -0.2) is 26.3 Å². The predicted molar refractivity (Wildman–Crippen MR) is 143 cm³/mol. The van der Waals surface area contributed by atoms with E-state index in [1.165, 1.54) is 41.7 Å². The fraction of sp³-hybridized carbons (Fsp3) is 0.143. The van der Waals surface area contributed by atoms with Gasteiger partial charge >= 0.3 is 0 Å². The highest BCUT2D eigenvalue weighted by Crippen LogP contribution is 2.49. The summed E-state index contributed by atoms with van der Waals surface area (Å²) < 4.78 is 38.7. The fourth-order valence-electron chi connectivity index (χ4n) is 4.40. The Labute approximate surface area is 225 Å². The maximum atomic E-state index is 15.4. The van der Waals surface area contributed by atoms with Crippen molar-refractivity contribution in [1.29, 1.82) is 0 Å². The standard InChI is InChI=1S/C28H21F2N5O3S/c1-34-14-20(33-15-34)24-13-19-25(39-24)23(8-11-32-19)38-22-7-6-16(12-18(22)30)35(21-5-3-2-4-17(21)29)27(37)28(9-10-28)26(31)36/h2-8,11-15H,9-10H2,1H3,(H2,31,36). The van der Waals surface area contributed by atoms with E-state index < -0.39 is 28.9 Å². The van der Waals surface area contributed by atoms with E-state index in [0.29, 0.717) is 16.0 Å². The molecule has 39 heavy (non-hydrogen) atoms. The summed E-state index contributed by atoms with van der Waals surface area (Å²) in [7, 11) is 1.88. The summed E-state index contributed by atoms with van der Waals surface area (Å²) in [5.74, 6) is -2.69. The number of imidazole rings is 1. The average molecular weight is 546 g/mol. The van der Waals surface area contributed by atoms with Crippen molar-refractivity contribution in [3.05, 3.63) is 85.0 Å². The molecule has 2 aromatic carbocycles. The second-order valence-corrected chi connectivity index (χ2v) is 10.4. The molecule has 0 bridgehead atoms. The molecule has 0 spiro atoms. The normalized spacial score (nSPS) is 13.8. The van der Waals surface area contributed by atoms with Crippen LogP contribution in [0.2, 0.25) is 0 Å². The van der Waals surface area contributed by atoms with Crippen LogP contribution in [0.15, 0.2) is 73.3 Å². The van der Waals surface area contributed by atoms with Gasteiger partial charge in [-0.1, -0.05) is 12.1 Å². The van der Waals surface area contributed by atoms with Crippen molar-refractivity contribution in [1.82, 2.24) is 14.5 Å². The van der Waals surface area contributed by atoms with Crippen LogP contribution in [-0.2, 0) is 16.6 Å². The van der Waals surface area contributed by atoms with Crippen LogP contribution in [0.4, 0.5) is 20.2 Å². The zero-order valence-electron chi connectivity index (χ0n) is 20.6. The first-order valence-electron chi connectivity index (χ1n) is 12.0. The minimum atomic E-state index is -1.44. The highest BCUT2D eigenvalue weighted by atomic mass is 32.1. The number of ether oxygens (including phenoxy) is 1. The molecule has 196 valence electrons. The van der Waals surface area contributed by atoms with Crippen molar-refractivity contribution < 1.29 is 23.1 Å². The van der Waals surface area contributed by atoms with Crippen molar-refractivity contribution in [3.8, 4) is 22.1 Å². The first kappa shape index (κ1) is 24.7. The van der Waals surface area contributed by atoms with Crippen molar-refractivity contribution in [2.45, 2.75) is 12.8 Å². The van der Waals surface area contributed by atoms with Gasteiger partial charge in [0.1, 0.15) is 17.0 Å². The second-order valence-electron chi connectivity index (χ2n) is 9.31. The number of primary amides is 1. The predicted octanol–water partition coefficient (Wildman–Crippen LogP) is 5.70.